The van der Waals surface area contributed by atoms with Gasteiger partial charge in [0.15, 0.2) is 0 Å². The molecule has 3 unspecified atom stereocenters. The molecule has 19 heavy (non-hydrogen) atoms. The molecule has 1 amide bonds. The number of amides is 1. The lowest BCUT2D eigenvalue weighted by molar-refractivity contribution is 0.0887. The van der Waals surface area contributed by atoms with Gasteiger partial charge in [-0.3, -0.25) is 4.79 Å². The van der Waals surface area contributed by atoms with Crippen molar-refractivity contribution in [1.82, 2.24) is 5.32 Å². The smallest absolute Gasteiger partial charge is 0.254 e. The van der Waals surface area contributed by atoms with Crippen LogP contribution in [0.4, 0.5) is 4.39 Å². The minimum Gasteiger partial charge on any atom is -0.349 e. The minimum absolute atomic E-state index is 0.158. The zero-order chi connectivity index (χ0) is 14.0. The van der Waals surface area contributed by atoms with Crippen LogP contribution in [-0.2, 0) is 0 Å². The first-order valence-corrected chi connectivity index (χ1v) is 7.06. The Morgan fingerprint density at radius 3 is 2.79 bits per heavy atom. The van der Waals surface area contributed by atoms with E-state index in [-0.39, 0.29) is 17.5 Å². The fourth-order valence-electron chi connectivity index (χ4n) is 2.85. The van der Waals surface area contributed by atoms with Gasteiger partial charge in [0.2, 0.25) is 0 Å². The lowest BCUT2D eigenvalue weighted by Gasteiger charge is -2.34. The lowest BCUT2D eigenvalue weighted by atomic mass is 9.78. The van der Waals surface area contributed by atoms with Crippen LogP contribution in [0.3, 0.4) is 0 Å². The van der Waals surface area contributed by atoms with E-state index in [4.69, 9.17) is 0 Å². The SMILES string of the molecule is Cc1cccc(C(=O)NC2CCCC(C)C2C)c1F. The molecule has 3 heteroatoms. The molecule has 104 valence electrons. The van der Waals surface area contributed by atoms with Gasteiger partial charge in [0.25, 0.3) is 5.91 Å². The van der Waals surface area contributed by atoms with Crippen LogP contribution in [0.2, 0.25) is 0 Å². The summed E-state index contributed by atoms with van der Waals surface area (Å²) in [5.74, 6) is 0.371. The molecular weight excluding hydrogens is 241 g/mol. The predicted molar refractivity (Wildman–Crippen MR) is 74.6 cm³/mol. The van der Waals surface area contributed by atoms with E-state index < -0.39 is 5.82 Å². The van der Waals surface area contributed by atoms with Crippen LogP contribution in [0.5, 0.6) is 0 Å². The van der Waals surface area contributed by atoms with Crippen LogP contribution in [0.25, 0.3) is 0 Å². The van der Waals surface area contributed by atoms with Crippen molar-refractivity contribution in [2.75, 3.05) is 0 Å². The molecule has 0 bridgehead atoms. The molecule has 0 aliphatic heterocycles. The van der Waals surface area contributed by atoms with Gasteiger partial charge in [-0.25, -0.2) is 4.39 Å². The van der Waals surface area contributed by atoms with Crippen molar-refractivity contribution in [3.8, 4) is 0 Å². The summed E-state index contributed by atoms with van der Waals surface area (Å²) >= 11 is 0. The van der Waals surface area contributed by atoms with Crippen molar-refractivity contribution in [3.05, 3.63) is 35.1 Å². The summed E-state index contributed by atoms with van der Waals surface area (Å²) in [6, 6.07) is 5.11. The van der Waals surface area contributed by atoms with E-state index in [1.807, 2.05) is 0 Å². The van der Waals surface area contributed by atoms with Crippen LogP contribution in [0.15, 0.2) is 18.2 Å². The molecule has 0 saturated heterocycles. The maximum Gasteiger partial charge on any atom is 0.254 e. The number of carbonyl (C=O) groups excluding carboxylic acids is 1. The van der Waals surface area contributed by atoms with Crippen molar-refractivity contribution >= 4 is 5.91 Å². The predicted octanol–water partition coefficient (Wildman–Crippen LogP) is 3.69. The molecule has 3 atom stereocenters. The Hall–Kier alpha value is -1.38. The quantitative estimate of drug-likeness (QED) is 0.866. The molecule has 1 aromatic carbocycles. The van der Waals surface area contributed by atoms with E-state index in [1.165, 1.54) is 6.42 Å². The minimum atomic E-state index is -0.406. The Balaban J connectivity index is 2.10. The Bertz CT molecular complexity index is 472. The second-order valence-corrected chi connectivity index (χ2v) is 5.78. The second kappa shape index (κ2) is 5.72. The summed E-state index contributed by atoms with van der Waals surface area (Å²) in [5.41, 5.74) is 0.670. The van der Waals surface area contributed by atoms with E-state index in [0.717, 1.165) is 12.8 Å². The van der Waals surface area contributed by atoms with E-state index in [2.05, 4.69) is 19.2 Å². The average molecular weight is 263 g/mol. The highest BCUT2D eigenvalue weighted by Gasteiger charge is 2.28. The number of carbonyl (C=O) groups is 1. The molecule has 0 heterocycles. The van der Waals surface area contributed by atoms with E-state index in [0.29, 0.717) is 17.4 Å². The summed E-state index contributed by atoms with van der Waals surface area (Å²) in [7, 11) is 0. The first-order valence-electron chi connectivity index (χ1n) is 7.06. The topological polar surface area (TPSA) is 29.1 Å². The highest BCUT2D eigenvalue weighted by Crippen LogP contribution is 2.29. The van der Waals surface area contributed by atoms with Crippen LogP contribution >= 0.6 is 0 Å². The summed E-state index contributed by atoms with van der Waals surface area (Å²) in [5, 5.41) is 3.00. The lowest BCUT2D eigenvalue weighted by Crippen LogP contribution is -2.43. The summed E-state index contributed by atoms with van der Waals surface area (Å²) in [6.45, 7) is 6.06. The molecule has 2 rings (SSSR count). The van der Waals surface area contributed by atoms with Gasteiger partial charge in [0.05, 0.1) is 5.56 Å². The molecule has 1 aliphatic rings. The van der Waals surface area contributed by atoms with Crippen LogP contribution in [0.1, 0.15) is 49.0 Å². The highest BCUT2D eigenvalue weighted by atomic mass is 19.1. The van der Waals surface area contributed by atoms with Gasteiger partial charge in [-0.1, -0.05) is 38.8 Å². The number of nitrogens with one attached hydrogen (secondary N) is 1. The Morgan fingerprint density at radius 2 is 2.05 bits per heavy atom. The van der Waals surface area contributed by atoms with Crippen molar-refractivity contribution in [2.24, 2.45) is 11.8 Å². The van der Waals surface area contributed by atoms with Gasteiger partial charge >= 0.3 is 0 Å². The number of rotatable bonds is 2. The maximum absolute atomic E-state index is 13.9. The largest absolute Gasteiger partial charge is 0.349 e. The van der Waals surface area contributed by atoms with E-state index in [1.54, 1.807) is 25.1 Å². The third-order valence-corrected chi connectivity index (χ3v) is 4.46. The number of halogens is 1. The number of hydrogen-bond acceptors (Lipinski definition) is 1. The molecular formula is C16H22FNO. The summed E-state index contributed by atoms with van der Waals surface area (Å²) in [4.78, 5) is 12.2. The van der Waals surface area contributed by atoms with Gasteiger partial charge in [0, 0.05) is 6.04 Å². The monoisotopic (exact) mass is 263 g/mol. The highest BCUT2D eigenvalue weighted by molar-refractivity contribution is 5.94. The van der Waals surface area contributed by atoms with Crippen molar-refractivity contribution < 1.29 is 9.18 Å². The van der Waals surface area contributed by atoms with Gasteiger partial charge in [0.1, 0.15) is 5.82 Å². The molecule has 0 radical (unpaired) electrons. The molecule has 1 fully saturated rings. The average Bonchev–Trinajstić information content (AvgIpc) is 2.38. The van der Waals surface area contributed by atoms with E-state index >= 15 is 0 Å². The first kappa shape index (κ1) is 14.0. The van der Waals surface area contributed by atoms with Crippen molar-refractivity contribution in [3.63, 3.8) is 0 Å². The maximum atomic E-state index is 13.9. The van der Waals surface area contributed by atoms with Crippen LogP contribution in [-0.4, -0.2) is 11.9 Å². The van der Waals surface area contributed by atoms with E-state index in [9.17, 15) is 9.18 Å². The Kier molecular flexibility index (Phi) is 4.23. The fraction of sp³-hybridized carbons (Fsp3) is 0.562. The second-order valence-electron chi connectivity index (χ2n) is 5.78. The van der Waals surface area contributed by atoms with Crippen molar-refractivity contribution in [1.29, 1.82) is 0 Å². The first-order chi connectivity index (χ1) is 9.00. The molecule has 1 aliphatic carbocycles. The van der Waals surface area contributed by atoms with Crippen molar-refractivity contribution in [2.45, 2.75) is 46.1 Å². The Morgan fingerprint density at radius 1 is 1.32 bits per heavy atom. The zero-order valence-electron chi connectivity index (χ0n) is 11.9. The molecule has 1 saturated carbocycles. The number of hydrogen-bond donors (Lipinski definition) is 1. The number of benzene rings is 1. The normalized spacial score (nSPS) is 27.1. The third kappa shape index (κ3) is 2.96. The van der Waals surface area contributed by atoms with Gasteiger partial charge in [-0.15, -0.1) is 0 Å². The van der Waals surface area contributed by atoms with Gasteiger partial charge < -0.3 is 5.32 Å². The molecule has 1 N–H and O–H groups in total. The fourth-order valence-corrected chi connectivity index (χ4v) is 2.85. The Labute approximate surface area is 114 Å². The summed E-state index contributed by atoms with van der Waals surface area (Å²) < 4.78 is 13.9. The zero-order valence-corrected chi connectivity index (χ0v) is 11.9. The van der Waals surface area contributed by atoms with Gasteiger partial charge in [-0.2, -0.15) is 0 Å². The van der Waals surface area contributed by atoms with Crippen LogP contribution < -0.4 is 5.32 Å². The summed E-state index contributed by atoms with van der Waals surface area (Å²) in [6.07, 6.45) is 3.34. The van der Waals surface area contributed by atoms with Crippen LogP contribution in [0, 0.1) is 24.6 Å². The number of aryl methyl sites for hydroxylation is 1. The molecule has 2 nitrogen and oxygen atoms in total. The molecule has 0 aromatic heterocycles. The standard InChI is InChI=1S/C16H22FNO/c1-10-6-5-9-14(12(10)3)18-16(19)13-8-4-7-11(2)15(13)17/h4,7-8,10,12,14H,5-6,9H2,1-3H3,(H,18,19). The molecule has 1 aromatic rings. The molecule has 0 spiro atoms. The van der Waals surface area contributed by atoms with Gasteiger partial charge in [-0.05, 0) is 36.8 Å². The third-order valence-electron chi connectivity index (χ3n) is 4.46.